The summed E-state index contributed by atoms with van der Waals surface area (Å²) in [4.78, 5) is 16.1. The van der Waals surface area contributed by atoms with Crippen LogP contribution in [0.2, 0.25) is 0 Å². The molecule has 2 nitrogen and oxygen atoms in total. The average Bonchev–Trinajstić information content (AvgIpc) is 2.34. The van der Waals surface area contributed by atoms with E-state index in [4.69, 9.17) is 0 Å². The number of hydrogen-bond donors (Lipinski definition) is 0. The summed E-state index contributed by atoms with van der Waals surface area (Å²) < 4.78 is 13.0. The molecule has 0 atom stereocenters. The van der Waals surface area contributed by atoms with Gasteiger partial charge in [-0.25, -0.2) is 4.39 Å². The van der Waals surface area contributed by atoms with Crippen LogP contribution in [0.15, 0.2) is 41.0 Å². The molecule has 0 saturated heterocycles. The third-order valence-electron chi connectivity index (χ3n) is 2.24. The molecule has 0 aliphatic carbocycles. The number of hydrogen-bond acceptors (Lipinski definition) is 2. The number of carbonyl (C=O) groups is 1. The molecule has 0 aromatic heterocycles. The van der Waals surface area contributed by atoms with Crippen LogP contribution in [0, 0.1) is 13.2 Å². The topological polar surface area (TPSA) is 29.4 Å². The largest absolute Gasteiger partial charge is 0.358 e. The second-order valence-corrected chi connectivity index (χ2v) is 3.61. The number of carbonyl (C=O) groups excluding carboxylic acids is 1. The van der Waals surface area contributed by atoms with E-state index in [0.717, 1.165) is 12.8 Å². The van der Waals surface area contributed by atoms with Crippen molar-refractivity contribution in [3.8, 4) is 0 Å². The Morgan fingerprint density at radius 3 is 2.63 bits per heavy atom. The summed E-state index contributed by atoms with van der Waals surface area (Å²) >= 11 is 0. The van der Waals surface area contributed by atoms with Crippen molar-refractivity contribution in [3.05, 3.63) is 54.8 Å². The average molecular weight is 355 g/mol. The predicted molar refractivity (Wildman–Crippen MR) is 74.3 cm³/mol. The smallest absolute Gasteiger partial charge is 0.211 e. The molecule has 4 heteroatoms. The zero-order chi connectivity index (χ0) is 12.7. The minimum absolute atomic E-state index is 0. The summed E-state index contributed by atoms with van der Waals surface area (Å²) in [5, 5.41) is 0. The Bertz CT molecular complexity index is 455. The van der Waals surface area contributed by atoms with Gasteiger partial charge in [0, 0.05) is 32.2 Å². The molecule has 0 fully saturated rings. The molecule has 0 bridgehead atoms. The fourth-order valence-corrected chi connectivity index (χ4v) is 1.33. The van der Waals surface area contributed by atoms with Gasteiger partial charge in [0.05, 0.1) is 0 Å². The Labute approximate surface area is 128 Å². The second-order valence-electron chi connectivity index (χ2n) is 3.61. The Kier molecular flexibility index (Phi) is 11.5. The molecule has 0 aliphatic rings. The first-order chi connectivity index (χ1) is 8.19. The number of aliphatic imine (C=N–C) groups is 1. The van der Waals surface area contributed by atoms with Gasteiger partial charge in [-0.05, 0) is 25.5 Å². The van der Waals surface area contributed by atoms with E-state index < -0.39 is 5.82 Å². The van der Waals surface area contributed by atoms with E-state index in [9.17, 15) is 9.18 Å². The fraction of sp³-hybridized carbons (Fsp3) is 0.267. The molecule has 0 aliphatic heterocycles. The van der Waals surface area contributed by atoms with Gasteiger partial charge in [0.2, 0.25) is 5.78 Å². The first-order valence-corrected chi connectivity index (χ1v) is 5.68. The first kappa shape index (κ1) is 20.2. The van der Waals surface area contributed by atoms with Gasteiger partial charge in [-0.2, -0.15) is 0 Å². The molecule has 0 spiro atoms. The summed E-state index contributed by atoms with van der Waals surface area (Å²) in [6.45, 7) is 3.78. The van der Waals surface area contributed by atoms with E-state index in [1.165, 1.54) is 18.2 Å². The van der Waals surface area contributed by atoms with Gasteiger partial charge in [-0.1, -0.05) is 31.6 Å². The molecule has 0 radical (unpaired) electrons. The van der Waals surface area contributed by atoms with Crippen LogP contribution in [0.4, 0.5) is 4.39 Å². The molecular formula is C15H19FNOPd-. The minimum atomic E-state index is -0.413. The zero-order valence-electron chi connectivity index (χ0n) is 11.4. The number of nitrogens with zero attached hydrogens (tertiary/aromatic N) is 1. The van der Waals surface area contributed by atoms with Crippen LogP contribution in [-0.4, -0.2) is 12.0 Å². The number of Topliss-reactive ketones (excluding diaryl/α,β-unsaturated/α-hetero) is 1. The number of halogens is 1. The number of allylic oxidation sites excluding steroid dienone is 2. The van der Waals surface area contributed by atoms with Crippen LogP contribution in [0.1, 0.15) is 37.0 Å². The van der Waals surface area contributed by atoms with Gasteiger partial charge < -0.3 is 7.43 Å². The maximum atomic E-state index is 13.0. The van der Waals surface area contributed by atoms with Crippen molar-refractivity contribution in [1.29, 1.82) is 0 Å². The van der Waals surface area contributed by atoms with Crippen LogP contribution in [0.25, 0.3) is 0 Å². The fourth-order valence-electron chi connectivity index (χ4n) is 1.33. The Balaban J connectivity index is 0. The number of ketones is 1. The van der Waals surface area contributed by atoms with Crippen LogP contribution in [-0.2, 0) is 20.4 Å². The molecule has 1 aromatic rings. The molecule has 19 heavy (non-hydrogen) atoms. The standard InChI is InChI=1S/C14H16FNO.CH3.Pd/c1-3-5-9-16-13(4-2)14(17)11-7-6-8-12(15)10-11;;/h4,6-10H,3,5H2,1-2H3;1H3;/q;-1;/b13-4-,16-9?;;. The van der Waals surface area contributed by atoms with Gasteiger partial charge in [0.15, 0.2) is 0 Å². The molecular weight excluding hydrogens is 336 g/mol. The van der Waals surface area contributed by atoms with Crippen molar-refractivity contribution < 1.29 is 29.6 Å². The maximum Gasteiger partial charge on any atom is 0.211 e. The minimum Gasteiger partial charge on any atom is -0.358 e. The SMILES string of the molecule is C/C=C(\N=CCCC)C(=O)c1cccc(F)c1.[CH3-].[Pd]. The van der Waals surface area contributed by atoms with E-state index in [1.807, 2.05) is 6.92 Å². The van der Waals surface area contributed by atoms with Crippen LogP contribution in [0.3, 0.4) is 0 Å². The maximum absolute atomic E-state index is 13.0. The number of unbranched alkanes of at least 4 members (excludes halogenated alkanes) is 1. The van der Waals surface area contributed by atoms with Gasteiger partial charge in [-0.15, -0.1) is 0 Å². The predicted octanol–water partition coefficient (Wildman–Crippen LogP) is 4.23. The summed E-state index contributed by atoms with van der Waals surface area (Å²) in [6.07, 6.45) is 5.16. The Morgan fingerprint density at radius 2 is 2.11 bits per heavy atom. The van der Waals surface area contributed by atoms with Gasteiger partial charge in [0.25, 0.3) is 0 Å². The molecule has 108 valence electrons. The summed E-state index contributed by atoms with van der Waals surface area (Å²) in [5.74, 6) is -0.664. The van der Waals surface area contributed by atoms with Crippen molar-refractivity contribution in [1.82, 2.24) is 0 Å². The second kappa shape index (κ2) is 10.8. The Morgan fingerprint density at radius 1 is 1.42 bits per heavy atom. The first-order valence-electron chi connectivity index (χ1n) is 5.68. The van der Waals surface area contributed by atoms with E-state index in [2.05, 4.69) is 4.99 Å². The third-order valence-corrected chi connectivity index (χ3v) is 2.24. The summed E-state index contributed by atoms with van der Waals surface area (Å²) in [5.41, 5.74) is 0.677. The zero-order valence-corrected chi connectivity index (χ0v) is 13.0. The van der Waals surface area contributed by atoms with Crippen LogP contribution >= 0.6 is 0 Å². The van der Waals surface area contributed by atoms with Gasteiger partial charge >= 0.3 is 0 Å². The molecule has 0 unspecified atom stereocenters. The van der Waals surface area contributed by atoms with Gasteiger partial charge in [-0.3, -0.25) is 9.79 Å². The monoisotopic (exact) mass is 354 g/mol. The number of rotatable bonds is 5. The van der Waals surface area contributed by atoms with Crippen LogP contribution < -0.4 is 0 Å². The molecule has 0 heterocycles. The third kappa shape index (κ3) is 6.56. The van der Waals surface area contributed by atoms with E-state index >= 15 is 0 Å². The van der Waals surface area contributed by atoms with E-state index in [-0.39, 0.29) is 33.6 Å². The van der Waals surface area contributed by atoms with Crippen molar-refractivity contribution in [2.24, 2.45) is 4.99 Å². The summed E-state index contributed by atoms with van der Waals surface area (Å²) in [6, 6.07) is 5.64. The van der Waals surface area contributed by atoms with Gasteiger partial charge in [0.1, 0.15) is 11.5 Å². The molecule has 0 saturated carbocycles. The normalized spacial score (nSPS) is 10.8. The van der Waals surface area contributed by atoms with Crippen molar-refractivity contribution in [2.45, 2.75) is 26.7 Å². The van der Waals surface area contributed by atoms with E-state index in [1.54, 1.807) is 25.3 Å². The molecule has 1 aromatic carbocycles. The quantitative estimate of drug-likeness (QED) is 0.256. The molecule has 0 N–H and O–H groups in total. The number of benzene rings is 1. The Hall–Kier alpha value is -1.11. The summed E-state index contributed by atoms with van der Waals surface area (Å²) in [7, 11) is 0. The van der Waals surface area contributed by atoms with Crippen molar-refractivity contribution in [3.63, 3.8) is 0 Å². The van der Waals surface area contributed by atoms with Crippen molar-refractivity contribution >= 4 is 12.0 Å². The van der Waals surface area contributed by atoms with Crippen molar-refractivity contribution in [2.75, 3.05) is 0 Å². The van der Waals surface area contributed by atoms with E-state index in [0.29, 0.717) is 11.3 Å². The molecule has 1 rings (SSSR count). The molecule has 0 amide bonds. The van der Waals surface area contributed by atoms with Crippen LogP contribution in [0.5, 0.6) is 0 Å².